The van der Waals surface area contributed by atoms with E-state index in [1.165, 1.54) is 37.5 Å². The summed E-state index contributed by atoms with van der Waals surface area (Å²) in [4.78, 5) is 92.5. The second-order valence-electron chi connectivity index (χ2n) is 23.0. The fourth-order valence-corrected chi connectivity index (χ4v) is 11.2. The quantitative estimate of drug-likeness (QED) is 0.0654. The summed E-state index contributed by atoms with van der Waals surface area (Å²) in [5.74, 6) is -6.74. The van der Waals surface area contributed by atoms with Crippen LogP contribution in [0.4, 0.5) is 68.5 Å². The number of benzene rings is 2. The van der Waals surface area contributed by atoms with Crippen molar-refractivity contribution in [1.82, 2.24) is 25.8 Å². The lowest BCUT2D eigenvalue weighted by Crippen LogP contribution is -2.54. The Hall–Kier alpha value is -6.42. The smallest absolute Gasteiger partial charge is 0.417 e. The van der Waals surface area contributed by atoms with Crippen LogP contribution in [0.5, 0.6) is 11.5 Å². The summed E-state index contributed by atoms with van der Waals surface area (Å²) < 4.78 is 185. The highest BCUT2D eigenvalue weighted by molar-refractivity contribution is 6.06. The molecule has 2 aromatic rings. The van der Waals surface area contributed by atoms with E-state index in [2.05, 4.69) is 5.32 Å². The summed E-state index contributed by atoms with van der Waals surface area (Å²) in [6.45, 7) is 9.53. The first kappa shape index (κ1) is 69.4. The number of hydrogen-bond acceptors (Lipinski definition) is 10. The Balaban J connectivity index is 0.000000313. The molecular weight excluding hydrogens is 1160 g/mol. The number of carbonyl (C=O) groups excluding carboxylic acids is 7. The molecule has 4 aliphatic rings. The van der Waals surface area contributed by atoms with Crippen molar-refractivity contribution in [3.63, 3.8) is 0 Å². The molecule has 16 nitrogen and oxygen atoms in total. The van der Waals surface area contributed by atoms with E-state index < -0.39 is 138 Å². The highest BCUT2D eigenvalue weighted by atomic mass is 19.4. The predicted molar refractivity (Wildman–Crippen MR) is 283 cm³/mol. The van der Waals surface area contributed by atoms with Gasteiger partial charge in [0.2, 0.25) is 0 Å². The maximum Gasteiger partial charge on any atom is 0.417 e. The lowest BCUT2D eigenvalue weighted by molar-refractivity contribution is -0.139. The normalized spacial score (nSPS) is 20.4. The van der Waals surface area contributed by atoms with E-state index in [1.54, 1.807) is 27.7 Å². The van der Waals surface area contributed by atoms with Crippen molar-refractivity contribution in [2.75, 3.05) is 49.1 Å². The number of hydrogen-bond donors (Lipinski definition) is 3. The Morgan fingerprint density at radius 3 is 1.28 bits per heavy atom. The van der Waals surface area contributed by atoms with Crippen molar-refractivity contribution in [3.05, 3.63) is 46.5 Å². The number of halogens is 13. The number of nitrogens with one attached hydrogen (secondary N) is 3. The Morgan fingerprint density at radius 2 is 0.965 bits per heavy atom. The first-order valence-corrected chi connectivity index (χ1v) is 27.8. The van der Waals surface area contributed by atoms with E-state index in [1.807, 2.05) is 10.6 Å². The largest absolute Gasteiger partial charge is 0.476 e. The molecule has 0 saturated heterocycles. The van der Waals surface area contributed by atoms with Gasteiger partial charge in [0.15, 0.2) is 11.2 Å². The summed E-state index contributed by atoms with van der Waals surface area (Å²) in [5.41, 5.74) is -7.47. The van der Waals surface area contributed by atoms with Gasteiger partial charge >= 0.3 is 31.4 Å². The van der Waals surface area contributed by atoms with E-state index in [9.17, 15) is 90.6 Å². The van der Waals surface area contributed by atoms with E-state index >= 15 is 0 Å². The van der Waals surface area contributed by atoms with Gasteiger partial charge in [-0.05, 0) is 156 Å². The van der Waals surface area contributed by atoms with Crippen molar-refractivity contribution in [2.24, 2.45) is 11.8 Å². The van der Waals surface area contributed by atoms with Gasteiger partial charge in [0.25, 0.3) is 35.4 Å². The lowest BCUT2D eigenvalue weighted by Gasteiger charge is -2.41. The zero-order valence-electron chi connectivity index (χ0n) is 48.2. The van der Waals surface area contributed by atoms with Gasteiger partial charge in [-0.1, -0.05) is 0 Å². The molecule has 2 aromatic carbocycles. The van der Waals surface area contributed by atoms with Crippen molar-refractivity contribution in [2.45, 2.75) is 186 Å². The molecule has 2 heterocycles. The number of carbonyl (C=O) groups is 7. The Bertz CT molecular complexity index is 2720. The van der Waals surface area contributed by atoms with Gasteiger partial charge in [-0.25, -0.2) is 0 Å². The number of anilines is 2. The summed E-state index contributed by atoms with van der Waals surface area (Å²) >= 11 is 0. The SMILES string of the molecule is CC(C)N(C(=O)c1cc2c(cc1C(F)(F)F)OC(C)(C)C(=O)N2CCNC(=O)C(F)F)C1CCC(CC=O)CC1.CC(C)N(C(=O)c1cc2c(cc1C(F)(F)F)OC(C)(C)C(=O)N2CCNC(=O)C(F)F)C1CCC(CCNCC(F)(F)F)CC1. The molecule has 2 aliphatic heterocycles. The molecule has 0 unspecified atom stereocenters. The molecule has 2 saturated carbocycles. The molecule has 6 amide bonds. The zero-order chi connectivity index (χ0) is 63.9. The molecule has 85 heavy (non-hydrogen) atoms. The van der Waals surface area contributed by atoms with Crippen LogP contribution < -0.4 is 35.2 Å². The monoisotopic (exact) mass is 1230 g/mol. The molecule has 2 aliphatic carbocycles. The Kier molecular flexibility index (Phi) is 22.8. The van der Waals surface area contributed by atoms with Crippen LogP contribution in [0.1, 0.15) is 151 Å². The van der Waals surface area contributed by atoms with Crippen LogP contribution >= 0.6 is 0 Å². The Labute approximate surface area is 483 Å². The first-order chi connectivity index (χ1) is 39.3. The third-order valence-electron chi connectivity index (χ3n) is 15.3. The van der Waals surface area contributed by atoms with E-state index in [-0.39, 0.29) is 60.4 Å². The molecule has 29 heteroatoms. The minimum Gasteiger partial charge on any atom is -0.476 e. The van der Waals surface area contributed by atoms with E-state index in [0.29, 0.717) is 76.3 Å². The standard InChI is InChI=1S/C29H38F8N4O4.C27H34F5N3O5/c1-16(2)41(18-7-5-17(6-8-18)9-10-38-15-28(32,33)34)25(43)19-13-21-22(14-20(19)29(35,36)37)45-27(3,4)26(44)40(21)12-11-39-24(42)23(30)31;1-15(2)35(17-7-5-16(6-8-17)9-12-36)24(38)18-13-20-21(14-19(18)27(30,31)32)40-26(3,4)25(39)34(20)11-10-33-23(37)22(28)29/h13-14,16-18,23,38H,5-12,15H2,1-4H3,(H,39,42);12-17,22H,5-11H2,1-4H3,(H,33,37). The number of alkyl halides is 13. The van der Waals surface area contributed by atoms with Gasteiger partial charge in [0.05, 0.1) is 40.2 Å². The molecule has 0 bridgehead atoms. The molecule has 0 aromatic heterocycles. The average Bonchev–Trinajstić information content (AvgIpc) is 3.32. The second kappa shape index (κ2) is 28.0. The van der Waals surface area contributed by atoms with Crippen molar-refractivity contribution < 1.29 is 100 Å². The van der Waals surface area contributed by atoms with Crippen LogP contribution in [-0.4, -0.2) is 145 Å². The molecule has 3 N–H and O–H groups in total. The Morgan fingerprint density at radius 1 is 0.600 bits per heavy atom. The number of nitrogens with zero attached hydrogens (tertiary/aromatic N) is 4. The lowest BCUT2D eigenvalue weighted by atomic mass is 9.82. The zero-order valence-corrected chi connectivity index (χ0v) is 48.2. The minimum absolute atomic E-state index is 0.0891. The second-order valence-corrected chi connectivity index (χ2v) is 23.0. The average molecular weight is 1230 g/mol. The fraction of sp³-hybridized carbons (Fsp3) is 0.661. The molecule has 6 rings (SSSR count). The summed E-state index contributed by atoms with van der Waals surface area (Å²) in [6.07, 6.45) is -14.7. The topological polar surface area (TPSA) is 187 Å². The summed E-state index contributed by atoms with van der Waals surface area (Å²) in [5, 5.41) is 6.28. The van der Waals surface area contributed by atoms with Gasteiger partial charge < -0.3 is 49.8 Å². The number of fused-ring (bicyclic) bond motifs is 2. The molecule has 0 atom stereocenters. The van der Waals surface area contributed by atoms with Crippen molar-refractivity contribution in [1.29, 1.82) is 0 Å². The number of rotatable bonds is 20. The van der Waals surface area contributed by atoms with Crippen molar-refractivity contribution >= 4 is 53.1 Å². The molecular formula is C56H72F13N7O9. The summed E-state index contributed by atoms with van der Waals surface area (Å²) in [7, 11) is 0. The van der Waals surface area contributed by atoms with Crippen LogP contribution in [0.25, 0.3) is 0 Å². The molecule has 0 radical (unpaired) electrons. The molecule has 0 spiro atoms. The first-order valence-electron chi connectivity index (χ1n) is 27.8. The molecule has 476 valence electrons. The van der Waals surface area contributed by atoms with Gasteiger partial charge in [0, 0.05) is 56.8 Å². The minimum atomic E-state index is -4.99. The third kappa shape index (κ3) is 17.6. The molecule has 2 fully saturated rings. The van der Waals surface area contributed by atoms with Crippen LogP contribution in [-0.2, 0) is 36.3 Å². The number of amides is 6. The number of ether oxygens (including phenoxy) is 2. The van der Waals surface area contributed by atoms with Crippen molar-refractivity contribution in [3.8, 4) is 11.5 Å². The van der Waals surface area contributed by atoms with E-state index in [0.717, 1.165) is 28.2 Å². The van der Waals surface area contributed by atoms with Gasteiger partial charge in [-0.15, -0.1) is 0 Å². The van der Waals surface area contributed by atoms with E-state index in [4.69, 9.17) is 9.47 Å². The van der Waals surface area contributed by atoms with Crippen LogP contribution in [0.2, 0.25) is 0 Å². The van der Waals surface area contributed by atoms with Crippen LogP contribution in [0, 0.1) is 11.8 Å². The van der Waals surface area contributed by atoms with Crippen LogP contribution in [0.3, 0.4) is 0 Å². The third-order valence-corrected chi connectivity index (χ3v) is 15.3. The summed E-state index contributed by atoms with van der Waals surface area (Å²) in [6, 6.07) is 1.44. The predicted octanol–water partition coefficient (Wildman–Crippen LogP) is 10.1. The highest BCUT2D eigenvalue weighted by Gasteiger charge is 2.48. The fourth-order valence-electron chi connectivity index (χ4n) is 11.2. The van der Waals surface area contributed by atoms with Crippen LogP contribution in [0.15, 0.2) is 24.3 Å². The number of aldehydes is 1. The van der Waals surface area contributed by atoms with Gasteiger partial charge in [-0.2, -0.15) is 57.1 Å². The van der Waals surface area contributed by atoms with Gasteiger partial charge in [0.1, 0.15) is 17.8 Å². The maximum atomic E-state index is 14.4. The highest BCUT2D eigenvalue weighted by Crippen LogP contribution is 2.47. The van der Waals surface area contributed by atoms with Gasteiger partial charge in [-0.3, -0.25) is 28.8 Å². The maximum absolute atomic E-state index is 14.4.